The van der Waals surface area contributed by atoms with Gasteiger partial charge < -0.3 is 15.2 Å². The normalized spacial score (nSPS) is 19.0. The van der Waals surface area contributed by atoms with E-state index in [0.717, 1.165) is 12.8 Å². The van der Waals surface area contributed by atoms with Crippen LogP contribution in [0.3, 0.4) is 0 Å². The molecule has 5 nitrogen and oxygen atoms in total. The summed E-state index contributed by atoms with van der Waals surface area (Å²) in [5, 5.41) is 11.7. The lowest BCUT2D eigenvalue weighted by molar-refractivity contribution is -0.208. The van der Waals surface area contributed by atoms with Crippen LogP contribution in [0.2, 0.25) is 0 Å². The fraction of sp³-hybridized carbons (Fsp3) is 0.929. The van der Waals surface area contributed by atoms with Crippen LogP contribution in [-0.4, -0.2) is 60.2 Å². The zero-order chi connectivity index (χ0) is 17.1. The van der Waals surface area contributed by atoms with Gasteiger partial charge >= 0.3 is 12.3 Å². The maximum Gasteiger partial charge on any atom is 0.415 e. The van der Waals surface area contributed by atoms with Crippen molar-refractivity contribution in [3.05, 3.63) is 0 Å². The number of rotatable bonds is 6. The molecule has 0 aromatic rings. The summed E-state index contributed by atoms with van der Waals surface area (Å²) in [5.74, 6) is 0.236. The zero-order valence-corrected chi connectivity index (χ0v) is 13.4. The molecule has 0 spiro atoms. The van der Waals surface area contributed by atoms with Crippen LogP contribution in [0, 0.1) is 5.92 Å². The lowest BCUT2D eigenvalue weighted by atomic mass is 10.1. The number of aliphatic hydroxyl groups excluding tert-OH is 1. The van der Waals surface area contributed by atoms with Gasteiger partial charge in [0.25, 0.3) is 0 Å². The van der Waals surface area contributed by atoms with Gasteiger partial charge in [-0.25, -0.2) is 4.79 Å². The Morgan fingerprint density at radius 1 is 1.36 bits per heavy atom. The highest BCUT2D eigenvalue weighted by Crippen LogP contribution is 2.35. The highest BCUT2D eigenvalue weighted by atomic mass is 19.4. The van der Waals surface area contributed by atoms with E-state index in [4.69, 9.17) is 9.84 Å². The van der Waals surface area contributed by atoms with E-state index in [1.807, 2.05) is 0 Å². The topological polar surface area (TPSA) is 61.8 Å². The van der Waals surface area contributed by atoms with Crippen molar-refractivity contribution in [2.45, 2.75) is 57.5 Å². The minimum atomic E-state index is -4.64. The predicted molar refractivity (Wildman–Crippen MR) is 75.4 cm³/mol. The number of nitrogens with one attached hydrogen (secondary N) is 1. The molecule has 1 rings (SSSR count). The molecule has 0 radical (unpaired) electrons. The fourth-order valence-corrected chi connectivity index (χ4v) is 2.18. The Balaban J connectivity index is 2.50. The number of carbonyl (C=O) groups excluding carboxylic acids is 1. The Morgan fingerprint density at radius 3 is 2.32 bits per heavy atom. The van der Waals surface area contributed by atoms with E-state index in [9.17, 15) is 18.0 Å². The number of hydrogen-bond acceptors (Lipinski definition) is 4. The second kappa shape index (κ2) is 7.04. The average Bonchev–Trinajstić information content (AvgIpc) is 3.09. The van der Waals surface area contributed by atoms with Crippen LogP contribution in [0.25, 0.3) is 0 Å². The van der Waals surface area contributed by atoms with E-state index in [2.05, 4.69) is 5.32 Å². The van der Waals surface area contributed by atoms with E-state index in [1.54, 1.807) is 20.8 Å². The Kier molecular flexibility index (Phi) is 6.09. The molecule has 0 saturated heterocycles. The standard InChI is InChI=1S/C14H25F3N2O3/c1-13(2,3)22-12(21)18-7-10(9-5-6-9)19(4)8-11(20)14(15,16)17/h9-11,20H,5-8H2,1-4H3,(H,18,21)/t10-,11+/m0/s1. The van der Waals surface area contributed by atoms with E-state index in [1.165, 1.54) is 11.9 Å². The molecule has 2 N–H and O–H groups in total. The lowest BCUT2D eigenvalue weighted by Crippen LogP contribution is -2.49. The molecule has 0 aliphatic heterocycles. The van der Waals surface area contributed by atoms with Crippen molar-refractivity contribution in [3.8, 4) is 0 Å². The molecule has 1 fully saturated rings. The maximum atomic E-state index is 12.4. The van der Waals surface area contributed by atoms with E-state index >= 15 is 0 Å². The molecule has 0 aromatic carbocycles. The molecule has 22 heavy (non-hydrogen) atoms. The van der Waals surface area contributed by atoms with Crippen LogP contribution < -0.4 is 5.32 Å². The summed E-state index contributed by atoms with van der Waals surface area (Å²) in [6, 6.07) is -0.246. The van der Waals surface area contributed by atoms with Crippen molar-refractivity contribution in [2.24, 2.45) is 5.92 Å². The molecule has 0 aromatic heterocycles. The third-order valence-corrected chi connectivity index (χ3v) is 3.43. The van der Waals surface area contributed by atoms with Gasteiger partial charge in [-0.1, -0.05) is 0 Å². The molecule has 8 heteroatoms. The van der Waals surface area contributed by atoms with Gasteiger partial charge in [0.15, 0.2) is 6.10 Å². The van der Waals surface area contributed by atoms with E-state index in [0.29, 0.717) is 0 Å². The second-order valence-electron chi connectivity index (χ2n) is 6.78. The number of ether oxygens (including phenoxy) is 1. The van der Waals surface area contributed by atoms with E-state index < -0.39 is 30.5 Å². The Bertz CT molecular complexity index is 379. The molecule has 0 unspecified atom stereocenters. The van der Waals surface area contributed by atoms with Crippen molar-refractivity contribution in [1.82, 2.24) is 10.2 Å². The van der Waals surface area contributed by atoms with Crippen molar-refractivity contribution >= 4 is 6.09 Å². The lowest BCUT2D eigenvalue weighted by Gasteiger charge is -2.31. The maximum absolute atomic E-state index is 12.4. The zero-order valence-electron chi connectivity index (χ0n) is 13.4. The first-order valence-corrected chi connectivity index (χ1v) is 7.32. The first-order chi connectivity index (χ1) is 9.90. The number of likely N-dealkylation sites (N-methyl/N-ethyl adjacent to an activating group) is 1. The summed E-state index contributed by atoms with van der Waals surface area (Å²) in [5.41, 5.74) is -0.627. The summed E-state index contributed by atoms with van der Waals surface area (Å²) in [6.07, 6.45) is -5.80. The van der Waals surface area contributed by atoms with Gasteiger partial charge in [0, 0.05) is 19.1 Å². The quantitative estimate of drug-likeness (QED) is 0.785. The molecule has 0 heterocycles. The number of amides is 1. The van der Waals surface area contributed by atoms with E-state index in [-0.39, 0.29) is 18.5 Å². The third-order valence-electron chi connectivity index (χ3n) is 3.43. The molecule has 130 valence electrons. The first kappa shape index (κ1) is 19.0. The van der Waals surface area contributed by atoms with Gasteiger partial charge in [-0.05, 0) is 46.6 Å². The summed E-state index contributed by atoms with van der Waals surface area (Å²) in [6.45, 7) is 4.88. The fourth-order valence-electron chi connectivity index (χ4n) is 2.18. The van der Waals surface area contributed by atoms with Crippen molar-refractivity contribution in [3.63, 3.8) is 0 Å². The van der Waals surface area contributed by atoms with Crippen LogP contribution in [0.4, 0.5) is 18.0 Å². The summed E-state index contributed by atoms with van der Waals surface area (Å²) in [7, 11) is 1.52. The van der Waals surface area contributed by atoms with Crippen LogP contribution in [0.5, 0.6) is 0 Å². The molecule has 1 aliphatic rings. The smallest absolute Gasteiger partial charge is 0.415 e. The van der Waals surface area contributed by atoms with Crippen molar-refractivity contribution < 1.29 is 27.8 Å². The third kappa shape index (κ3) is 6.83. The molecule has 0 bridgehead atoms. The summed E-state index contributed by atoms with van der Waals surface area (Å²) >= 11 is 0. The number of alkyl halides is 3. The van der Waals surface area contributed by atoms with Crippen LogP contribution >= 0.6 is 0 Å². The Morgan fingerprint density at radius 2 is 1.91 bits per heavy atom. The van der Waals surface area contributed by atoms with Crippen LogP contribution in [-0.2, 0) is 4.74 Å². The van der Waals surface area contributed by atoms with Crippen LogP contribution in [0.15, 0.2) is 0 Å². The number of alkyl carbamates (subject to hydrolysis) is 1. The Hall–Kier alpha value is -1.02. The minimum absolute atomic E-state index is 0.195. The number of aliphatic hydroxyl groups is 1. The minimum Gasteiger partial charge on any atom is -0.444 e. The number of hydrogen-bond donors (Lipinski definition) is 2. The van der Waals surface area contributed by atoms with Crippen molar-refractivity contribution in [1.29, 1.82) is 0 Å². The molecule has 1 amide bonds. The van der Waals surface area contributed by atoms with Gasteiger partial charge in [0.2, 0.25) is 0 Å². The number of nitrogens with zero attached hydrogens (tertiary/aromatic N) is 1. The SMILES string of the molecule is CN(C[C@@H](O)C(F)(F)F)[C@@H](CNC(=O)OC(C)(C)C)C1CC1. The van der Waals surface area contributed by atoms with Gasteiger partial charge in [0.05, 0.1) is 0 Å². The first-order valence-electron chi connectivity index (χ1n) is 7.32. The number of halogens is 3. The molecular formula is C14H25F3N2O3. The van der Waals surface area contributed by atoms with Gasteiger partial charge in [-0.3, -0.25) is 4.90 Å². The second-order valence-corrected chi connectivity index (χ2v) is 6.78. The van der Waals surface area contributed by atoms with Crippen molar-refractivity contribution in [2.75, 3.05) is 20.1 Å². The molecule has 2 atom stereocenters. The monoisotopic (exact) mass is 326 g/mol. The highest BCUT2D eigenvalue weighted by Gasteiger charge is 2.41. The van der Waals surface area contributed by atoms with Gasteiger partial charge in [0.1, 0.15) is 5.60 Å². The average molecular weight is 326 g/mol. The highest BCUT2D eigenvalue weighted by molar-refractivity contribution is 5.67. The largest absolute Gasteiger partial charge is 0.444 e. The summed E-state index contributed by atoms with van der Waals surface area (Å²) in [4.78, 5) is 13.1. The van der Waals surface area contributed by atoms with Crippen LogP contribution in [0.1, 0.15) is 33.6 Å². The Labute approximate surface area is 128 Å². The molecule has 1 aliphatic carbocycles. The predicted octanol–water partition coefficient (Wildman–Crippen LogP) is 2.14. The number of carbonyl (C=O) groups is 1. The van der Waals surface area contributed by atoms with Gasteiger partial charge in [-0.2, -0.15) is 13.2 Å². The van der Waals surface area contributed by atoms with Gasteiger partial charge in [-0.15, -0.1) is 0 Å². The molecular weight excluding hydrogens is 301 g/mol. The molecule has 1 saturated carbocycles. The summed E-state index contributed by atoms with van der Waals surface area (Å²) < 4.78 is 42.4.